The molecule has 0 aliphatic carbocycles. The number of allylic oxidation sites excluding steroid dienone is 7. The number of carbonyl (C=O) groups excluding carboxylic acids is 1. The topological polar surface area (TPSA) is 104 Å². The van der Waals surface area contributed by atoms with Crippen LogP contribution < -0.4 is 5.32 Å². The average molecular weight is 666 g/mol. The van der Waals surface area contributed by atoms with Crippen molar-refractivity contribution in [2.75, 3.05) is 5.75 Å². The van der Waals surface area contributed by atoms with Gasteiger partial charge < -0.3 is 10.4 Å². The fourth-order valence-corrected chi connectivity index (χ4v) is 6.13. The Morgan fingerprint density at radius 1 is 0.587 bits per heavy atom. The molecule has 0 rings (SSSR count). The second-order valence-corrected chi connectivity index (χ2v) is 14.4. The molecular formula is C39H71NO5S. The minimum absolute atomic E-state index is 0.285. The van der Waals surface area contributed by atoms with Crippen molar-refractivity contribution in [3.63, 3.8) is 0 Å². The molecule has 2 unspecified atom stereocenters. The van der Waals surface area contributed by atoms with Gasteiger partial charge >= 0.3 is 0 Å². The van der Waals surface area contributed by atoms with Crippen LogP contribution in [0.2, 0.25) is 0 Å². The van der Waals surface area contributed by atoms with Crippen LogP contribution in [0, 0.1) is 0 Å². The second kappa shape index (κ2) is 33.2. The number of hydrogen-bond donors (Lipinski definition) is 3. The van der Waals surface area contributed by atoms with Gasteiger partial charge in [0.2, 0.25) is 5.91 Å². The minimum Gasteiger partial charge on any atom is -0.387 e. The Morgan fingerprint density at radius 2 is 0.978 bits per heavy atom. The van der Waals surface area contributed by atoms with Gasteiger partial charge in [-0.15, -0.1) is 0 Å². The average Bonchev–Trinajstić information content (AvgIpc) is 3.01. The molecule has 0 radical (unpaired) electrons. The molecule has 2 atom stereocenters. The summed E-state index contributed by atoms with van der Waals surface area (Å²) in [4.78, 5) is 12.4. The number of rotatable bonds is 33. The molecule has 0 aliphatic heterocycles. The lowest BCUT2D eigenvalue weighted by Crippen LogP contribution is -2.46. The lowest BCUT2D eigenvalue weighted by atomic mass is 10.1. The fraction of sp³-hybridized carbons (Fsp3) is 0.769. The van der Waals surface area contributed by atoms with Crippen molar-refractivity contribution in [3.05, 3.63) is 48.6 Å². The molecule has 0 aromatic heterocycles. The van der Waals surface area contributed by atoms with Crippen LogP contribution >= 0.6 is 0 Å². The number of unbranched alkanes of at least 4 members (excludes halogenated alkanes) is 19. The van der Waals surface area contributed by atoms with Gasteiger partial charge in [0.05, 0.1) is 17.9 Å². The quantitative estimate of drug-likeness (QED) is 0.0368. The molecule has 0 bridgehead atoms. The van der Waals surface area contributed by atoms with Crippen LogP contribution in [-0.4, -0.2) is 41.9 Å². The molecule has 6 nitrogen and oxygen atoms in total. The summed E-state index contributed by atoms with van der Waals surface area (Å²) in [5.74, 6) is -0.994. The summed E-state index contributed by atoms with van der Waals surface area (Å²) in [6, 6.07) is -1.06. The van der Waals surface area contributed by atoms with Crippen molar-refractivity contribution in [3.8, 4) is 0 Å². The van der Waals surface area contributed by atoms with Crippen molar-refractivity contribution in [1.82, 2.24) is 5.32 Å². The maximum atomic E-state index is 12.4. The van der Waals surface area contributed by atoms with Gasteiger partial charge in [0.1, 0.15) is 0 Å². The molecule has 268 valence electrons. The van der Waals surface area contributed by atoms with Gasteiger partial charge in [-0.2, -0.15) is 8.42 Å². The van der Waals surface area contributed by atoms with Gasteiger partial charge in [0.15, 0.2) is 0 Å². The second-order valence-electron chi connectivity index (χ2n) is 12.9. The highest BCUT2D eigenvalue weighted by molar-refractivity contribution is 7.85. The van der Waals surface area contributed by atoms with Crippen LogP contribution in [0.4, 0.5) is 0 Å². The highest BCUT2D eigenvalue weighted by Crippen LogP contribution is 2.12. The summed E-state index contributed by atoms with van der Waals surface area (Å²) in [6.07, 6.45) is 44.0. The third kappa shape index (κ3) is 33.7. The summed E-state index contributed by atoms with van der Waals surface area (Å²) in [5, 5.41) is 13.1. The van der Waals surface area contributed by atoms with E-state index in [-0.39, 0.29) is 12.3 Å². The zero-order valence-corrected chi connectivity index (χ0v) is 30.5. The largest absolute Gasteiger partial charge is 0.387 e. The van der Waals surface area contributed by atoms with E-state index >= 15 is 0 Å². The molecule has 7 heteroatoms. The maximum Gasteiger partial charge on any atom is 0.267 e. The normalized spacial score (nSPS) is 13.9. The van der Waals surface area contributed by atoms with Crippen LogP contribution in [0.25, 0.3) is 0 Å². The Balaban J connectivity index is 3.87. The fourth-order valence-electron chi connectivity index (χ4n) is 5.40. The summed E-state index contributed by atoms with van der Waals surface area (Å²) in [6.45, 7) is 4.44. The van der Waals surface area contributed by atoms with Crippen LogP contribution in [0.5, 0.6) is 0 Å². The van der Waals surface area contributed by atoms with E-state index < -0.39 is 28.0 Å². The Hall–Kier alpha value is -1.70. The van der Waals surface area contributed by atoms with Gasteiger partial charge in [-0.25, -0.2) is 0 Å². The molecule has 0 aromatic rings. The molecule has 0 saturated carbocycles. The van der Waals surface area contributed by atoms with E-state index in [4.69, 9.17) is 0 Å². The summed E-state index contributed by atoms with van der Waals surface area (Å²) in [7, 11) is -4.34. The summed E-state index contributed by atoms with van der Waals surface area (Å²) in [5.41, 5.74) is 0. The van der Waals surface area contributed by atoms with Gasteiger partial charge in [-0.1, -0.05) is 159 Å². The zero-order chi connectivity index (χ0) is 34.0. The van der Waals surface area contributed by atoms with Crippen LogP contribution in [0.15, 0.2) is 48.6 Å². The predicted molar refractivity (Wildman–Crippen MR) is 198 cm³/mol. The minimum atomic E-state index is -4.34. The van der Waals surface area contributed by atoms with Crippen LogP contribution in [0.3, 0.4) is 0 Å². The SMILES string of the molecule is CCCCCCC/C=C\C/C=C\C/C=C\CCCCCCCCCCC(=O)NC(CS(=O)(=O)O)C(O)/C=C/CCCCCCCC. The molecule has 1 amide bonds. The van der Waals surface area contributed by atoms with Crippen molar-refractivity contribution >= 4 is 16.0 Å². The van der Waals surface area contributed by atoms with Gasteiger partial charge in [0, 0.05) is 6.42 Å². The number of hydrogen-bond acceptors (Lipinski definition) is 4. The Kier molecular flexibility index (Phi) is 32.0. The zero-order valence-electron chi connectivity index (χ0n) is 29.7. The van der Waals surface area contributed by atoms with Gasteiger partial charge in [-0.3, -0.25) is 9.35 Å². The van der Waals surface area contributed by atoms with Crippen LogP contribution in [-0.2, 0) is 14.9 Å². The van der Waals surface area contributed by atoms with E-state index in [9.17, 15) is 22.9 Å². The monoisotopic (exact) mass is 666 g/mol. The number of aliphatic hydroxyl groups excluding tert-OH is 1. The molecule has 0 spiro atoms. The first-order valence-electron chi connectivity index (χ1n) is 18.8. The highest BCUT2D eigenvalue weighted by Gasteiger charge is 2.24. The molecule has 46 heavy (non-hydrogen) atoms. The first-order valence-corrected chi connectivity index (χ1v) is 20.4. The third-order valence-electron chi connectivity index (χ3n) is 8.25. The highest BCUT2D eigenvalue weighted by atomic mass is 32.2. The van der Waals surface area contributed by atoms with E-state index in [1.165, 1.54) is 96.0 Å². The number of aliphatic hydroxyl groups is 1. The van der Waals surface area contributed by atoms with E-state index in [1.807, 2.05) is 6.08 Å². The molecule has 0 aromatic carbocycles. The van der Waals surface area contributed by atoms with Crippen molar-refractivity contribution < 1.29 is 22.9 Å². The first-order chi connectivity index (χ1) is 22.3. The molecule has 0 aliphatic rings. The maximum absolute atomic E-state index is 12.4. The summed E-state index contributed by atoms with van der Waals surface area (Å²) < 4.78 is 32.2. The van der Waals surface area contributed by atoms with Crippen LogP contribution in [0.1, 0.15) is 174 Å². The summed E-state index contributed by atoms with van der Waals surface area (Å²) >= 11 is 0. The van der Waals surface area contributed by atoms with Crippen molar-refractivity contribution in [2.45, 2.75) is 187 Å². The number of amides is 1. The Labute approximate surface area is 284 Å². The number of nitrogens with one attached hydrogen (secondary N) is 1. The number of carbonyl (C=O) groups is 1. The van der Waals surface area contributed by atoms with E-state index in [0.29, 0.717) is 0 Å². The first kappa shape index (κ1) is 44.3. The van der Waals surface area contributed by atoms with E-state index in [2.05, 4.69) is 55.6 Å². The van der Waals surface area contributed by atoms with Gasteiger partial charge in [-0.05, 0) is 57.8 Å². The lowest BCUT2D eigenvalue weighted by molar-refractivity contribution is -0.122. The predicted octanol–water partition coefficient (Wildman–Crippen LogP) is 10.7. The molecular weight excluding hydrogens is 594 g/mol. The van der Waals surface area contributed by atoms with Gasteiger partial charge in [0.25, 0.3) is 10.1 Å². The standard InChI is InChI=1S/C39H71NO5S/c1-3-5-7-9-11-13-14-15-16-17-18-19-20-21-22-23-24-25-26-27-29-31-33-35-39(42)40-37(36-46(43,44)45)38(41)34-32-30-28-12-10-8-6-4-2/h14-15,17-18,20-21,32,34,37-38,41H,3-13,16,19,22-31,33,35-36H2,1-2H3,(H,40,42)(H,43,44,45)/b15-14-,18-17-,21-20-,34-32+. The molecule has 0 heterocycles. The van der Waals surface area contributed by atoms with Crippen molar-refractivity contribution in [1.29, 1.82) is 0 Å². The van der Waals surface area contributed by atoms with E-state index in [1.54, 1.807) is 0 Å². The molecule has 0 saturated heterocycles. The third-order valence-corrected chi connectivity index (χ3v) is 9.03. The molecule has 0 fully saturated rings. The molecule has 3 N–H and O–H groups in total. The Bertz CT molecular complexity index is 909. The Morgan fingerprint density at radius 3 is 1.43 bits per heavy atom. The smallest absolute Gasteiger partial charge is 0.267 e. The lowest BCUT2D eigenvalue weighted by Gasteiger charge is -2.21. The van der Waals surface area contributed by atoms with Crippen molar-refractivity contribution in [2.24, 2.45) is 0 Å². The van der Waals surface area contributed by atoms with E-state index in [0.717, 1.165) is 64.2 Å².